The van der Waals surface area contributed by atoms with Crippen LogP contribution in [0.1, 0.15) is 54.1 Å². The second-order valence-electron chi connectivity index (χ2n) is 6.99. The SMILES string of the molecule is Cc1cn2c(CN[C@@H]3CCc4nnc(C(C)C)n4C3)c(C)nc2s1. The molecule has 3 aromatic heterocycles. The molecule has 0 aliphatic carbocycles. The molecule has 0 spiro atoms. The van der Waals surface area contributed by atoms with Gasteiger partial charge in [0.25, 0.3) is 0 Å². The number of hydrogen-bond acceptors (Lipinski definition) is 5. The molecule has 0 aromatic carbocycles. The fourth-order valence-corrected chi connectivity index (χ4v) is 4.39. The van der Waals surface area contributed by atoms with Crippen LogP contribution in [0.25, 0.3) is 4.96 Å². The van der Waals surface area contributed by atoms with E-state index in [2.05, 4.69) is 63.4 Å². The molecule has 4 rings (SSSR count). The first-order valence-electron chi connectivity index (χ1n) is 8.62. The Kier molecular flexibility index (Phi) is 3.92. The maximum absolute atomic E-state index is 4.68. The third-order valence-corrected chi connectivity index (χ3v) is 5.69. The van der Waals surface area contributed by atoms with E-state index in [1.165, 1.54) is 10.6 Å². The molecule has 1 atom stereocenters. The number of fused-ring (bicyclic) bond motifs is 2. The van der Waals surface area contributed by atoms with Crippen molar-refractivity contribution in [3.63, 3.8) is 0 Å². The van der Waals surface area contributed by atoms with Gasteiger partial charge in [0, 0.05) is 42.5 Å². The molecule has 24 heavy (non-hydrogen) atoms. The largest absolute Gasteiger partial charge is 0.313 e. The Hall–Kier alpha value is -1.73. The standard InChI is InChI=1S/C17H24N6S/c1-10(2)16-21-20-15-6-5-13(9-23(15)16)18-7-14-12(4)19-17-22(14)8-11(3)24-17/h8,10,13,18H,5-7,9H2,1-4H3/t13-/m1/s1. The maximum atomic E-state index is 4.68. The quantitative estimate of drug-likeness (QED) is 0.791. The highest BCUT2D eigenvalue weighted by atomic mass is 32.1. The molecule has 7 heteroatoms. The van der Waals surface area contributed by atoms with E-state index in [9.17, 15) is 0 Å². The molecular formula is C17H24N6S. The van der Waals surface area contributed by atoms with Gasteiger partial charge in [0.15, 0.2) is 4.96 Å². The van der Waals surface area contributed by atoms with Crippen LogP contribution >= 0.6 is 11.3 Å². The van der Waals surface area contributed by atoms with Gasteiger partial charge in [-0.25, -0.2) is 4.98 Å². The van der Waals surface area contributed by atoms with Crippen molar-refractivity contribution >= 4 is 16.3 Å². The van der Waals surface area contributed by atoms with Crippen molar-refractivity contribution in [2.45, 2.75) is 65.6 Å². The minimum atomic E-state index is 0.412. The maximum Gasteiger partial charge on any atom is 0.194 e. The van der Waals surface area contributed by atoms with Gasteiger partial charge in [0.05, 0.1) is 11.4 Å². The molecule has 0 fully saturated rings. The van der Waals surface area contributed by atoms with Gasteiger partial charge in [-0.1, -0.05) is 13.8 Å². The van der Waals surface area contributed by atoms with E-state index in [-0.39, 0.29) is 0 Å². The van der Waals surface area contributed by atoms with Crippen LogP contribution < -0.4 is 5.32 Å². The lowest BCUT2D eigenvalue weighted by atomic mass is 10.1. The number of aryl methyl sites for hydroxylation is 3. The summed E-state index contributed by atoms with van der Waals surface area (Å²) in [6.45, 7) is 10.4. The first-order chi connectivity index (χ1) is 11.5. The van der Waals surface area contributed by atoms with Crippen molar-refractivity contribution in [3.8, 4) is 0 Å². The topological polar surface area (TPSA) is 60.0 Å². The van der Waals surface area contributed by atoms with E-state index < -0.39 is 0 Å². The van der Waals surface area contributed by atoms with E-state index >= 15 is 0 Å². The Morgan fingerprint density at radius 3 is 2.96 bits per heavy atom. The zero-order valence-electron chi connectivity index (χ0n) is 14.7. The first kappa shape index (κ1) is 15.8. The Morgan fingerprint density at radius 2 is 2.17 bits per heavy atom. The summed E-state index contributed by atoms with van der Waals surface area (Å²) < 4.78 is 4.54. The van der Waals surface area contributed by atoms with Crippen molar-refractivity contribution < 1.29 is 0 Å². The zero-order valence-corrected chi connectivity index (χ0v) is 15.5. The molecule has 3 aromatic rings. The Labute approximate surface area is 145 Å². The molecule has 128 valence electrons. The van der Waals surface area contributed by atoms with Crippen molar-refractivity contribution in [1.29, 1.82) is 0 Å². The molecule has 0 saturated heterocycles. The number of aromatic nitrogens is 5. The van der Waals surface area contributed by atoms with Gasteiger partial charge in [0.1, 0.15) is 11.6 Å². The predicted octanol–water partition coefficient (Wildman–Crippen LogP) is 2.83. The van der Waals surface area contributed by atoms with Gasteiger partial charge >= 0.3 is 0 Å². The Bertz CT molecular complexity index is 871. The summed E-state index contributed by atoms with van der Waals surface area (Å²) in [6.07, 6.45) is 4.29. The number of imidazole rings is 1. The summed E-state index contributed by atoms with van der Waals surface area (Å²) in [6, 6.07) is 0.454. The van der Waals surface area contributed by atoms with E-state index in [0.717, 1.165) is 48.2 Å². The van der Waals surface area contributed by atoms with Gasteiger partial charge in [-0.05, 0) is 20.3 Å². The highest BCUT2D eigenvalue weighted by Crippen LogP contribution is 2.22. The zero-order chi connectivity index (χ0) is 16.8. The number of hydrogen-bond donors (Lipinski definition) is 1. The number of nitrogens with zero attached hydrogens (tertiary/aromatic N) is 5. The van der Waals surface area contributed by atoms with Crippen molar-refractivity contribution in [2.75, 3.05) is 0 Å². The minimum Gasteiger partial charge on any atom is -0.313 e. The van der Waals surface area contributed by atoms with Crippen LogP contribution in [0.4, 0.5) is 0 Å². The van der Waals surface area contributed by atoms with Crippen molar-refractivity contribution in [2.24, 2.45) is 0 Å². The minimum absolute atomic E-state index is 0.412. The molecule has 0 radical (unpaired) electrons. The van der Waals surface area contributed by atoms with Gasteiger partial charge in [-0.3, -0.25) is 4.40 Å². The second-order valence-corrected chi connectivity index (χ2v) is 8.21. The smallest absolute Gasteiger partial charge is 0.194 e. The van der Waals surface area contributed by atoms with Crippen LogP contribution in [-0.4, -0.2) is 30.2 Å². The lowest BCUT2D eigenvalue weighted by molar-refractivity contribution is 0.368. The number of rotatable bonds is 4. The molecule has 4 heterocycles. The molecule has 1 aliphatic heterocycles. The fraction of sp³-hybridized carbons (Fsp3) is 0.588. The van der Waals surface area contributed by atoms with Crippen LogP contribution in [-0.2, 0) is 19.5 Å². The van der Waals surface area contributed by atoms with Crippen LogP contribution in [0.15, 0.2) is 6.20 Å². The molecule has 1 aliphatic rings. The molecular weight excluding hydrogens is 320 g/mol. The third-order valence-electron chi connectivity index (χ3n) is 4.79. The van der Waals surface area contributed by atoms with Gasteiger partial charge in [-0.2, -0.15) is 0 Å². The van der Waals surface area contributed by atoms with Crippen LogP contribution in [0, 0.1) is 13.8 Å². The predicted molar refractivity (Wildman–Crippen MR) is 95.6 cm³/mol. The first-order valence-corrected chi connectivity index (χ1v) is 9.44. The normalized spacial score (nSPS) is 17.8. The Morgan fingerprint density at radius 1 is 1.33 bits per heavy atom. The molecule has 6 nitrogen and oxygen atoms in total. The Balaban J connectivity index is 1.50. The molecule has 0 unspecified atom stereocenters. The van der Waals surface area contributed by atoms with E-state index in [4.69, 9.17) is 0 Å². The van der Waals surface area contributed by atoms with Gasteiger partial charge in [0.2, 0.25) is 0 Å². The average molecular weight is 344 g/mol. The summed E-state index contributed by atoms with van der Waals surface area (Å²) in [5.74, 6) is 2.65. The highest BCUT2D eigenvalue weighted by Gasteiger charge is 2.24. The lowest BCUT2D eigenvalue weighted by Crippen LogP contribution is -2.38. The fourth-order valence-electron chi connectivity index (χ4n) is 3.50. The lowest BCUT2D eigenvalue weighted by Gasteiger charge is -2.26. The average Bonchev–Trinajstić information content (AvgIpc) is 3.17. The number of nitrogens with one attached hydrogen (secondary N) is 1. The van der Waals surface area contributed by atoms with Gasteiger partial charge in [-0.15, -0.1) is 21.5 Å². The van der Waals surface area contributed by atoms with Crippen molar-refractivity contribution in [1.82, 2.24) is 29.5 Å². The summed E-state index contributed by atoms with van der Waals surface area (Å²) >= 11 is 1.75. The second kappa shape index (κ2) is 5.97. The van der Waals surface area contributed by atoms with E-state index in [1.807, 2.05) is 0 Å². The highest BCUT2D eigenvalue weighted by molar-refractivity contribution is 7.17. The summed E-state index contributed by atoms with van der Waals surface area (Å²) in [4.78, 5) is 7.07. The third kappa shape index (κ3) is 2.65. The summed E-state index contributed by atoms with van der Waals surface area (Å²) in [7, 11) is 0. The van der Waals surface area contributed by atoms with Gasteiger partial charge < -0.3 is 9.88 Å². The van der Waals surface area contributed by atoms with Crippen LogP contribution in [0.3, 0.4) is 0 Å². The molecule has 0 bridgehead atoms. The monoisotopic (exact) mass is 344 g/mol. The number of thiazole rings is 1. The molecule has 1 N–H and O–H groups in total. The summed E-state index contributed by atoms with van der Waals surface area (Å²) in [5.41, 5.74) is 2.39. The summed E-state index contributed by atoms with van der Waals surface area (Å²) in [5, 5.41) is 12.5. The van der Waals surface area contributed by atoms with E-state index in [1.54, 1.807) is 11.3 Å². The van der Waals surface area contributed by atoms with Crippen LogP contribution in [0.2, 0.25) is 0 Å². The van der Waals surface area contributed by atoms with Crippen molar-refractivity contribution in [3.05, 3.63) is 34.1 Å². The molecule has 0 amide bonds. The van der Waals surface area contributed by atoms with E-state index in [0.29, 0.717) is 12.0 Å². The van der Waals surface area contributed by atoms with Crippen LogP contribution in [0.5, 0.6) is 0 Å². The molecule has 0 saturated carbocycles.